The van der Waals surface area contributed by atoms with Crippen LogP contribution in [0.25, 0.3) is 0 Å². The lowest BCUT2D eigenvalue weighted by atomic mass is 10.9. The molecule has 0 aromatic carbocycles. The van der Waals surface area contributed by atoms with Gasteiger partial charge >= 0.3 is 0 Å². The van der Waals surface area contributed by atoms with Crippen molar-refractivity contribution >= 4 is 78.3 Å². The van der Waals surface area contributed by atoms with E-state index in [1.165, 1.54) is 0 Å². The van der Waals surface area contributed by atoms with Crippen molar-refractivity contribution in [2.75, 3.05) is 5.88 Å². The smallest absolute Gasteiger partial charge is 0.124 e. The highest BCUT2D eigenvalue weighted by Gasteiger charge is 1.88. The molecule has 0 aliphatic heterocycles. The molecule has 0 bridgehead atoms. The molecule has 0 rings (SSSR count). The third-order valence-corrected chi connectivity index (χ3v) is 1.05. The second-order valence-corrected chi connectivity index (χ2v) is 6.93. The third kappa shape index (κ3) is 39.3. The molecule has 0 nitrogen and oxygen atoms in total. The van der Waals surface area contributed by atoms with Crippen LogP contribution in [0.15, 0.2) is 0 Å². The monoisotopic (exact) mass is 338 g/mol. The van der Waals surface area contributed by atoms with Crippen LogP contribution in [0.4, 0.5) is 0 Å². The Bertz CT molecular complexity index is 46.3. The highest BCUT2D eigenvalue weighted by molar-refractivity contribution is 9.25. The van der Waals surface area contributed by atoms with E-state index in [0.717, 1.165) is 0 Å². The van der Waals surface area contributed by atoms with E-state index in [1.807, 2.05) is 0 Å². The summed E-state index contributed by atoms with van der Waals surface area (Å²) in [5.74, 6) is 0.309. The van der Waals surface area contributed by atoms with Crippen molar-refractivity contribution in [1.29, 1.82) is 0 Å². The van der Waals surface area contributed by atoms with Crippen LogP contribution in [0.5, 0.6) is 0 Å². The zero-order valence-electron chi connectivity index (χ0n) is 4.13. The lowest BCUT2D eigenvalue weighted by Crippen LogP contribution is -1.82. The largest absolute Gasteiger partial charge is 0.143 e. The molecular weight excluding hydrogens is 338 g/mol. The van der Waals surface area contributed by atoms with E-state index in [9.17, 15) is 0 Å². The van der Waals surface area contributed by atoms with Crippen LogP contribution in [-0.2, 0) is 0 Å². The van der Waals surface area contributed by atoms with E-state index in [-0.39, 0.29) is 3.20 Å². The Kier molecular flexibility index (Phi) is 15.4. The molecule has 0 amide bonds. The predicted molar refractivity (Wildman–Crippen MR) is 53.7 cm³/mol. The van der Waals surface area contributed by atoms with Gasteiger partial charge in [-0.15, -0.1) is 34.8 Å². The maximum atomic E-state index is 5.11. The molecule has 0 unspecified atom stereocenters. The topological polar surface area (TPSA) is 0 Å². The van der Waals surface area contributed by atoms with E-state index in [2.05, 4.69) is 31.9 Å². The van der Waals surface area contributed by atoms with Crippen molar-refractivity contribution in [1.82, 2.24) is 0 Å². The standard InChI is InChI=1S/C2H3Cl3.CHBr2Cl/c3-1-2(4)5;2-1(3)4/h2H,1H2;1H. The summed E-state index contributed by atoms with van der Waals surface area (Å²) in [6.07, 6.45) is 0. The highest BCUT2D eigenvalue weighted by Crippen LogP contribution is 2.10. The molecule has 0 fully saturated rings. The summed E-state index contributed by atoms with van der Waals surface area (Å²) in [6, 6.07) is 0. The second-order valence-electron chi connectivity index (χ2n) is 0.793. The van der Waals surface area contributed by atoms with Crippen LogP contribution in [0.1, 0.15) is 0 Å². The van der Waals surface area contributed by atoms with E-state index >= 15 is 0 Å². The highest BCUT2D eigenvalue weighted by atomic mass is 79.9. The fourth-order valence-electron chi connectivity index (χ4n) is 0. The Balaban J connectivity index is 0. The Morgan fingerprint density at radius 3 is 1.22 bits per heavy atom. The molecule has 0 aromatic rings. The summed E-state index contributed by atoms with van der Waals surface area (Å²) in [4.78, 5) is -0.406. The summed E-state index contributed by atoms with van der Waals surface area (Å²) >= 11 is 26.3. The minimum Gasteiger partial charge on any atom is -0.124 e. The van der Waals surface area contributed by atoms with Crippen molar-refractivity contribution in [2.45, 2.75) is 8.03 Å². The minimum absolute atomic E-state index is 0.0694. The van der Waals surface area contributed by atoms with Gasteiger partial charge in [-0.05, 0) is 0 Å². The zero-order valence-corrected chi connectivity index (χ0v) is 10.3. The summed E-state index contributed by atoms with van der Waals surface area (Å²) in [5, 5.41) is 0. The first-order valence-corrected chi connectivity index (χ1v) is 5.44. The van der Waals surface area contributed by atoms with Gasteiger partial charge in [0, 0.05) is 0 Å². The molecule has 0 radical (unpaired) electrons. The molecule has 9 heavy (non-hydrogen) atoms. The van der Waals surface area contributed by atoms with Crippen molar-refractivity contribution < 1.29 is 0 Å². The maximum Gasteiger partial charge on any atom is 0.143 e. The lowest BCUT2D eigenvalue weighted by molar-refractivity contribution is 1.40. The number of alkyl halides is 6. The first-order chi connectivity index (χ1) is 4.00. The summed E-state index contributed by atoms with van der Waals surface area (Å²) in [7, 11) is 0. The van der Waals surface area contributed by atoms with E-state index in [1.54, 1.807) is 0 Å². The molecule has 0 saturated carbocycles. The zero-order chi connectivity index (χ0) is 7.86. The fraction of sp³-hybridized carbons (Fsp3) is 1.00. The first-order valence-electron chi connectivity index (χ1n) is 1.77. The van der Waals surface area contributed by atoms with Crippen molar-refractivity contribution in [3.63, 3.8) is 0 Å². The third-order valence-electron chi connectivity index (χ3n) is 0.117. The van der Waals surface area contributed by atoms with Crippen LogP contribution in [0.2, 0.25) is 0 Å². The molecule has 0 spiro atoms. The Labute approximate surface area is 91.4 Å². The molecule has 0 heterocycles. The lowest BCUT2D eigenvalue weighted by Gasteiger charge is -1.82. The average molecular weight is 342 g/mol. The number of halogens is 6. The molecule has 0 aromatic heterocycles. The number of hydrogen-bond donors (Lipinski definition) is 0. The SMILES string of the molecule is ClC(Br)Br.ClCC(Cl)Cl. The first kappa shape index (κ1) is 13.7. The Morgan fingerprint density at radius 1 is 1.11 bits per heavy atom. The molecule has 0 N–H and O–H groups in total. The van der Waals surface area contributed by atoms with Crippen molar-refractivity contribution in [3.8, 4) is 0 Å². The molecule has 0 aliphatic rings. The summed E-state index contributed by atoms with van der Waals surface area (Å²) < 4.78 is -0.0694. The van der Waals surface area contributed by atoms with Crippen LogP contribution >= 0.6 is 78.3 Å². The molecule has 58 valence electrons. The van der Waals surface area contributed by atoms with Crippen LogP contribution in [0, 0.1) is 0 Å². The van der Waals surface area contributed by atoms with Gasteiger partial charge in [-0.25, -0.2) is 0 Å². The van der Waals surface area contributed by atoms with Gasteiger partial charge in [-0.1, -0.05) is 43.5 Å². The van der Waals surface area contributed by atoms with Gasteiger partial charge in [0.25, 0.3) is 0 Å². The van der Waals surface area contributed by atoms with Crippen LogP contribution in [-0.4, -0.2) is 13.9 Å². The van der Waals surface area contributed by atoms with Gasteiger partial charge in [-0.3, -0.25) is 0 Å². The number of rotatable bonds is 1. The molecule has 0 atom stereocenters. The molecule has 6 heteroatoms. The average Bonchev–Trinajstić information content (AvgIpc) is 1.65. The molecular formula is C3H4Br2Cl4. The van der Waals surface area contributed by atoms with Gasteiger partial charge in [0.05, 0.1) is 5.88 Å². The van der Waals surface area contributed by atoms with E-state index < -0.39 is 4.84 Å². The van der Waals surface area contributed by atoms with E-state index in [0.29, 0.717) is 5.88 Å². The summed E-state index contributed by atoms with van der Waals surface area (Å²) in [6.45, 7) is 0. The van der Waals surface area contributed by atoms with Crippen molar-refractivity contribution in [3.05, 3.63) is 0 Å². The van der Waals surface area contributed by atoms with Gasteiger partial charge in [-0.2, -0.15) is 0 Å². The van der Waals surface area contributed by atoms with Gasteiger partial charge < -0.3 is 0 Å². The quantitative estimate of drug-likeness (QED) is 0.623. The van der Waals surface area contributed by atoms with E-state index in [4.69, 9.17) is 46.4 Å². The van der Waals surface area contributed by atoms with Crippen LogP contribution < -0.4 is 0 Å². The second kappa shape index (κ2) is 10.1. The Morgan fingerprint density at radius 2 is 1.22 bits per heavy atom. The molecule has 0 saturated heterocycles. The van der Waals surface area contributed by atoms with Gasteiger partial charge in [0.1, 0.15) is 8.03 Å². The summed E-state index contributed by atoms with van der Waals surface area (Å²) in [5.41, 5.74) is 0. The predicted octanol–water partition coefficient (Wildman–Crippen LogP) is 4.33. The van der Waals surface area contributed by atoms with Crippen LogP contribution in [0.3, 0.4) is 0 Å². The number of hydrogen-bond acceptors (Lipinski definition) is 0. The van der Waals surface area contributed by atoms with Crippen molar-refractivity contribution in [2.24, 2.45) is 0 Å². The fourth-order valence-corrected chi connectivity index (χ4v) is 0. The Hall–Kier alpha value is 2.12. The normalized spacial score (nSPS) is 9.33. The molecule has 0 aliphatic carbocycles. The maximum absolute atomic E-state index is 5.11. The van der Waals surface area contributed by atoms with Gasteiger partial charge in [0.2, 0.25) is 0 Å². The minimum atomic E-state index is -0.406. The van der Waals surface area contributed by atoms with Gasteiger partial charge in [0.15, 0.2) is 0 Å².